The minimum atomic E-state index is -0.739. The van der Waals surface area contributed by atoms with Gasteiger partial charge in [0.05, 0.1) is 5.60 Å². The molecule has 7 nitrogen and oxygen atoms in total. The van der Waals surface area contributed by atoms with Gasteiger partial charge in [0.15, 0.2) is 5.03 Å². The topological polar surface area (TPSA) is 88.8 Å². The van der Waals surface area contributed by atoms with Crippen LogP contribution in [0.15, 0.2) is 5.10 Å². The number of rotatable bonds is 3. The number of ether oxygens (including phenoxy) is 1. The van der Waals surface area contributed by atoms with E-state index in [0.717, 1.165) is 19.4 Å². The fourth-order valence-corrected chi connectivity index (χ4v) is 1.50. The fourth-order valence-electron chi connectivity index (χ4n) is 1.50. The fraction of sp³-hybridized carbons (Fsp3) is 0.875. The molecule has 1 aliphatic rings. The molecule has 1 atom stereocenters. The molecule has 0 aromatic rings. The van der Waals surface area contributed by atoms with Gasteiger partial charge in [-0.3, -0.25) is 0 Å². The van der Waals surface area contributed by atoms with Crippen molar-refractivity contribution in [3.63, 3.8) is 0 Å². The Bertz CT molecular complexity index is 261. The van der Waals surface area contributed by atoms with Crippen LogP contribution < -0.4 is 10.6 Å². The summed E-state index contributed by atoms with van der Waals surface area (Å²) in [4.78, 5) is 10.2. The van der Waals surface area contributed by atoms with Crippen molar-refractivity contribution in [1.82, 2.24) is 10.6 Å². The Labute approximate surface area is 88.0 Å². The summed E-state index contributed by atoms with van der Waals surface area (Å²) in [7, 11) is 1.58. The number of nitrogens with one attached hydrogen (secondary N) is 2. The van der Waals surface area contributed by atoms with Gasteiger partial charge < -0.3 is 15.4 Å². The van der Waals surface area contributed by atoms with Crippen LogP contribution in [0.1, 0.15) is 19.8 Å². The lowest BCUT2D eigenvalue weighted by Gasteiger charge is -2.23. The summed E-state index contributed by atoms with van der Waals surface area (Å²) in [5.74, 6) is 0.150. The van der Waals surface area contributed by atoms with Gasteiger partial charge in [0.25, 0.3) is 5.96 Å². The monoisotopic (exact) mass is 216 g/mol. The van der Waals surface area contributed by atoms with Crippen molar-refractivity contribution >= 4 is 5.96 Å². The van der Waals surface area contributed by atoms with Crippen LogP contribution in [-0.4, -0.2) is 36.8 Å². The Hall–Kier alpha value is -1.37. The quantitative estimate of drug-likeness (QED) is 0.298. The third kappa shape index (κ3) is 3.70. The third-order valence-corrected chi connectivity index (χ3v) is 2.35. The first kappa shape index (κ1) is 11.7. The second-order valence-corrected chi connectivity index (χ2v) is 3.69. The van der Waals surface area contributed by atoms with Crippen LogP contribution in [0.2, 0.25) is 0 Å². The van der Waals surface area contributed by atoms with Crippen LogP contribution in [0, 0.1) is 10.1 Å². The molecular weight excluding hydrogens is 200 g/mol. The highest BCUT2D eigenvalue weighted by atomic mass is 16.7. The van der Waals surface area contributed by atoms with Crippen molar-refractivity contribution in [2.75, 3.05) is 20.2 Å². The molecule has 1 unspecified atom stereocenters. The third-order valence-electron chi connectivity index (χ3n) is 2.35. The van der Waals surface area contributed by atoms with Gasteiger partial charge in [-0.25, -0.2) is 10.1 Å². The van der Waals surface area contributed by atoms with E-state index in [1.807, 2.05) is 6.92 Å². The van der Waals surface area contributed by atoms with Crippen LogP contribution in [-0.2, 0) is 4.74 Å². The van der Waals surface area contributed by atoms with Crippen molar-refractivity contribution in [2.24, 2.45) is 5.10 Å². The maximum Gasteiger partial charge on any atom is 0.268 e. The first-order valence-electron chi connectivity index (χ1n) is 4.84. The molecule has 86 valence electrons. The van der Waals surface area contributed by atoms with Crippen molar-refractivity contribution in [3.8, 4) is 0 Å². The molecule has 0 amide bonds. The van der Waals surface area contributed by atoms with Crippen LogP contribution >= 0.6 is 0 Å². The van der Waals surface area contributed by atoms with E-state index in [-0.39, 0.29) is 11.6 Å². The average molecular weight is 216 g/mol. The molecule has 0 spiro atoms. The predicted octanol–water partition coefficient (Wildman–Crippen LogP) is -0.0878. The highest BCUT2D eigenvalue weighted by molar-refractivity contribution is 5.78. The molecule has 1 rings (SSSR count). The normalized spacial score (nSPS) is 26.4. The Morgan fingerprint density at radius 3 is 2.93 bits per heavy atom. The highest BCUT2D eigenvalue weighted by Crippen LogP contribution is 2.23. The molecule has 1 aliphatic heterocycles. The van der Waals surface area contributed by atoms with Crippen LogP contribution in [0.4, 0.5) is 0 Å². The Kier molecular flexibility index (Phi) is 3.84. The van der Waals surface area contributed by atoms with Crippen molar-refractivity contribution in [1.29, 1.82) is 0 Å². The summed E-state index contributed by atoms with van der Waals surface area (Å²) in [5, 5.41) is 18.0. The van der Waals surface area contributed by atoms with Gasteiger partial charge >= 0.3 is 0 Å². The van der Waals surface area contributed by atoms with E-state index in [1.54, 1.807) is 7.05 Å². The van der Waals surface area contributed by atoms with Crippen molar-refractivity contribution < 1.29 is 9.77 Å². The summed E-state index contributed by atoms with van der Waals surface area (Å²) < 4.78 is 5.53. The molecule has 0 saturated carbocycles. The zero-order valence-electron chi connectivity index (χ0n) is 8.95. The number of nitro groups is 1. The van der Waals surface area contributed by atoms with Gasteiger partial charge in [0, 0.05) is 20.2 Å². The number of hydrazone groups is 1. The lowest BCUT2D eigenvalue weighted by molar-refractivity contribution is -0.485. The number of hydrogen-bond acceptors (Lipinski definition) is 3. The van der Waals surface area contributed by atoms with E-state index >= 15 is 0 Å². The minimum absolute atomic E-state index is 0.150. The molecule has 0 aromatic heterocycles. The van der Waals surface area contributed by atoms with Crippen LogP contribution in [0.3, 0.4) is 0 Å². The number of nitrogens with zero attached hydrogens (tertiary/aromatic N) is 2. The van der Waals surface area contributed by atoms with E-state index in [9.17, 15) is 10.1 Å². The molecule has 1 saturated heterocycles. The Balaban J connectivity index is 2.43. The lowest BCUT2D eigenvalue weighted by atomic mass is 10.0. The molecule has 7 heteroatoms. The van der Waals surface area contributed by atoms with Gasteiger partial charge in [-0.2, -0.15) is 0 Å². The molecule has 0 radical (unpaired) electrons. The zero-order valence-corrected chi connectivity index (χ0v) is 8.95. The van der Waals surface area contributed by atoms with E-state index in [1.165, 1.54) is 0 Å². The number of hydrogen-bond donors (Lipinski definition) is 2. The molecule has 1 heterocycles. The first-order chi connectivity index (χ1) is 7.06. The maximum atomic E-state index is 10.2. The van der Waals surface area contributed by atoms with E-state index < -0.39 is 5.03 Å². The van der Waals surface area contributed by atoms with Crippen LogP contribution in [0.5, 0.6) is 0 Å². The largest absolute Gasteiger partial charge is 0.373 e. The molecule has 0 bridgehead atoms. The van der Waals surface area contributed by atoms with Crippen molar-refractivity contribution in [2.45, 2.75) is 25.4 Å². The highest BCUT2D eigenvalue weighted by Gasteiger charge is 2.29. The summed E-state index contributed by atoms with van der Waals surface area (Å²) in [5.41, 5.74) is -0.242. The van der Waals surface area contributed by atoms with E-state index in [4.69, 9.17) is 4.74 Å². The maximum absolute atomic E-state index is 10.2. The summed E-state index contributed by atoms with van der Waals surface area (Å²) >= 11 is 0. The summed E-state index contributed by atoms with van der Waals surface area (Å²) in [6, 6.07) is 0. The molecule has 1 fully saturated rings. The summed E-state index contributed by atoms with van der Waals surface area (Å²) in [6.07, 6.45) is 1.98. The second-order valence-electron chi connectivity index (χ2n) is 3.69. The van der Waals surface area contributed by atoms with Gasteiger partial charge in [-0.05, 0) is 19.8 Å². The first-order valence-corrected chi connectivity index (χ1v) is 4.84. The second kappa shape index (κ2) is 4.92. The number of guanidine groups is 1. The summed E-state index contributed by atoms with van der Waals surface area (Å²) in [6.45, 7) is 3.24. The van der Waals surface area contributed by atoms with Gasteiger partial charge in [0.1, 0.15) is 5.10 Å². The van der Waals surface area contributed by atoms with Gasteiger partial charge in [-0.15, -0.1) is 0 Å². The molecular formula is C8H16N4O3. The molecule has 0 aliphatic carbocycles. The van der Waals surface area contributed by atoms with Crippen molar-refractivity contribution in [3.05, 3.63) is 10.1 Å². The Morgan fingerprint density at radius 2 is 2.47 bits per heavy atom. The molecule has 15 heavy (non-hydrogen) atoms. The van der Waals surface area contributed by atoms with Gasteiger partial charge in [0.2, 0.25) is 0 Å². The van der Waals surface area contributed by atoms with Crippen LogP contribution in [0.25, 0.3) is 0 Å². The minimum Gasteiger partial charge on any atom is -0.373 e. The average Bonchev–Trinajstić information content (AvgIpc) is 2.60. The molecule has 0 aromatic carbocycles. The van der Waals surface area contributed by atoms with E-state index in [2.05, 4.69) is 15.7 Å². The predicted molar refractivity (Wildman–Crippen MR) is 55.1 cm³/mol. The molecule has 2 N–H and O–H groups in total. The lowest BCUT2D eigenvalue weighted by Crippen LogP contribution is -2.44. The standard InChI is InChI=1S/C8H16N4O3/c1-8(4-3-5-15-8)6-10-7(9-2)11-12(13)14/h3-6H2,1-2H3,(H2,9,10,11). The smallest absolute Gasteiger partial charge is 0.268 e. The Morgan fingerprint density at radius 1 is 1.73 bits per heavy atom. The zero-order chi connectivity index (χ0) is 11.3. The SMILES string of the molecule is CN/C(=N\[N+](=O)[O-])NCC1(C)CCCO1. The van der Waals surface area contributed by atoms with E-state index in [0.29, 0.717) is 6.54 Å². The van der Waals surface area contributed by atoms with Gasteiger partial charge in [-0.1, -0.05) is 0 Å².